The molecule has 6 aromatic rings. The Kier molecular flexibility index (Phi) is 5.03. The van der Waals surface area contributed by atoms with Crippen molar-refractivity contribution in [3.05, 3.63) is 102 Å². The molecule has 2 heterocycles. The van der Waals surface area contributed by atoms with Crippen molar-refractivity contribution < 1.29 is 4.42 Å². The number of hydrogen-bond donors (Lipinski definition) is 0. The number of rotatable bonds is 3. The summed E-state index contributed by atoms with van der Waals surface area (Å²) in [6.45, 7) is 16.3. The van der Waals surface area contributed by atoms with E-state index in [0.29, 0.717) is 0 Å². The number of benzene rings is 4. The van der Waals surface area contributed by atoms with Gasteiger partial charge in [-0.3, -0.25) is 0 Å². The van der Waals surface area contributed by atoms with Crippen molar-refractivity contribution in [1.29, 1.82) is 0 Å². The molecule has 0 bridgehead atoms. The molecule has 1 aliphatic carbocycles. The molecule has 0 spiro atoms. The number of allylic oxidation sites excluding steroid dienone is 4. The van der Waals surface area contributed by atoms with E-state index in [1.807, 2.05) is 0 Å². The van der Waals surface area contributed by atoms with Crippen molar-refractivity contribution in [2.24, 2.45) is 0 Å². The third kappa shape index (κ3) is 3.26. The predicted octanol–water partition coefficient (Wildman–Crippen LogP) is 9.87. The molecular weight excluding hydrogens is 490 g/mol. The van der Waals surface area contributed by atoms with E-state index >= 15 is 0 Å². The number of fused-ring (bicyclic) bond motifs is 7. The first kappa shape index (κ1) is 24.2. The Labute approximate surface area is 231 Å². The fraction of sp³-hybridized carbons (Fsp3) is 0.222. The molecule has 39 heavy (non-hydrogen) atoms. The van der Waals surface area contributed by atoms with E-state index in [1.54, 1.807) is 0 Å². The molecule has 2 nitrogen and oxygen atoms in total. The Morgan fingerprint density at radius 3 is 2.21 bits per heavy atom. The SMILES string of the molecule is CC=CC1=C(C)c2cc3c4ccccc4n(-c4cccc5c4oc4c([Si](C)(C)C)cccc45)c3cc2C1(C)C. The Morgan fingerprint density at radius 1 is 0.769 bits per heavy atom. The van der Waals surface area contributed by atoms with Crippen LogP contribution in [0.5, 0.6) is 0 Å². The van der Waals surface area contributed by atoms with Crippen LogP contribution in [0.2, 0.25) is 19.6 Å². The van der Waals surface area contributed by atoms with Gasteiger partial charge in [0, 0.05) is 27.0 Å². The van der Waals surface area contributed by atoms with Crippen LogP contribution < -0.4 is 5.19 Å². The molecule has 0 unspecified atom stereocenters. The summed E-state index contributed by atoms with van der Waals surface area (Å²) in [6.07, 6.45) is 4.45. The van der Waals surface area contributed by atoms with Gasteiger partial charge < -0.3 is 8.98 Å². The highest BCUT2D eigenvalue weighted by molar-refractivity contribution is 6.90. The first-order chi connectivity index (χ1) is 18.6. The summed E-state index contributed by atoms with van der Waals surface area (Å²) in [7, 11) is -1.59. The van der Waals surface area contributed by atoms with Gasteiger partial charge in [-0.15, -0.1) is 0 Å². The van der Waals surface area contributed by atoms with Crippen molar-refractivity contribution in [2.45, 2.75) is 52.8 Å². The molecular formula is C36H35NOSi. The van der Waals surface area contributed by atoms with Crippen molar-refractivity contribution in [2.75, 3.05) is 0 Å². The third-order valence-electron chi connectivity index (χ3n) is 8.85. The molecule has 194 valence electrons. The smallest absolute Gasteiger partial charge is 0.159 e. The maximum absolute atomic E-state index is 6.86. The minimum absolute atomic E-state index is 0.0565. The van der Waals surface area contributed by atoms with Crippen molar-refractivity contribution in [3.8, 4) is 5.69 Å². The highest BCUT2D eigenvalue weighted by Gasteiger charge is 2.36. The second kappa shape index (κ2) is 8.09. The lowest BCUT2D eigenvalue weighted by atomic mass is 9.81. The molecule has 2 aromatic heterocycles. The summed E-state index contributed by atoms with van der Waals surface area (Å²) >= 11 is 0. The van der Waals surface area contributed by atoms with Crippen molar-refractivity contribution in [3.63, 3.8) is 0 Å². The zero-order valence-electron chi connectivity index (χ0n) is 23.9. The van der Waals surface area contributed by atoms with Gasteiger partial charge in [-0.2, -0.15) is 0 Å². The molecule has 1 aliphatic rings. The van der Waals surface area contributed by atoms with E-state index in [2.05, 4.69) is 137 Å². The topological polar surface area (TPSA) is 18.1 Å². The van der Waals surface area contributed by atoms with Gasteiger partial charge in [-0.25, -0.2) is 0 Å². The number of furan rings is 1. The van der Waals surface area contributed by atoms with Crippen molar-refractivity contribution in [1.82, 2.24) is 4.57 Å². The highest BCUT2D eigenvalue weighted by atomic mass is 28.3. The van der Waals surface area contributed by atoms with Crippen LogP contribution >= 0.6 is 0 Å². The van der Waals surface area contributed by atoms with E-state index in [1.165, 1.54) is 60.0 Å². The lowest BCUT2D eigenvalue weighted by Crippen LogP contribution is -2.37. The van der Waals surface area contributed by atoms with Crippen molar-refractivity contribution >= 4 is 62.6 Å². The molecule has 0 saturated heterocycles. The molecule has 0 atom stereocenters. The summed E-state index contributed by atoms with van der Waals surface area (Å²) < 4.78 is 9.29. The van der Waals surface area contributed by atoms with Gasteiger partial charge in [-0.1, -0.05) is 94.2 Å². The first-order valence-electron chi connectivity index (χ1n) is 14.0. The maximum atomic E-state index is 6.86. The molecule has 4 aromatic carbocycles. The zero-order valence-corrected chi connectivity index (χ0v) is 24.9. The zero-order chi connectivity index (χ0) is 27.3. The number of aromatic nitrogens is 1. The molecule has 0 N–H and O–H groups in total. The maximum Gasteiger partial charge on any atom is 0.159 e. The van der Waals surface area contributed by atoms with Gasteiger partial charge in [0.2, 0.25) is 0 Å². The largest absolute Gasteiger partial charge is 0.454 e. The van der Waals surface area contributed by atoms with E-state index in [9.17, 15) is 0 Å². The van der Waals surface area contributed by atoms with Gasteiger partial charge in [0.15, 0.2) is 5.58 Å². The molecule has 0 amide bonds. The van der Waals surface area contributed by atoms with Gasteiger partial charge >= 0.3 is 0 Å². The monoisotopic (exact) mass is 525 g/mol. The van der Waals surface area contributed by atoms with Gasteiger partial charge in [0.25, 0.3) is 0 Å². The molecule has 0 radical (unpaired) electrons. The van der Waals surface area contributed by atoms with Crippen LogP contribution in [0.1, 0.15) is 38.8 Å². The second-order valence-electron chi connectivity index (χ2n) is 12.6. The summed E-state index contributed by atoms with van der Waals surface area (Å²) in [4.78, 5) is 0. The lowest BCUT2D eigenvalue weighted by Gasteiger charge is -2.23. The fourth-order valence-electron chi connectivity index (χ4n) is 6.93. The van der Waals surface area contributed by atoms with Crippen LogP contribution in [-0.4, -0.2) is 12.6 Å². The molecule has 0 aliphatic heterocycles. The Balaban J connectivity index is 1.60. The molecule has 0 fully saturated rings. The predicted molar refractivity (Wildman–Crippen MR) is 171 cm³/mol. The first-order valence-corrected chi connectivity index (χ1v) is 17.5. The average Bonchev–Trinajstić information content (AvgIpc) is 3.50. The normalized spacial score (nSPS) is 15.6. The third-order valence-corrected chi connectivity index (χ3v) is 10.9. The fourth-order valence-corrected chi connectivity index (χ4v) is 8.40. The number of para-hydroxylation sites is 3. The van der Waals surface area contributed by atoms with E-state index in [4.69, 9.17) is 4.42 Å². The standard InChI is InChI=1S/C36H35NOSi/c1-8-13-28-22(2)26-20-27-23-14-9-10-17-30(23)37(32(27)21-29(26)36(28,3)4)31-18-11-15-24-25-16-12-19-33(39(5,6)7)35(25)38-34(24)31/h8-21H,1-7H3. The van der Waals surface area contributed by atoms with E-state index in [0.717, 1.165) is 16.9 Å². The van der Waals surface area contributed by atoms with Crippen LogP contribution in [0.4, 0.5) is 0 Å². The van der Waals surface area contributed by atoms with E-state index < -0.39 is 8.07 Å². The summed E-state index contributed by atoms with van der Waals surface area (Å²) in [6, 6.07) is 27.0. The summed E-state index contributed by atoms with van der Waals surface area (Å²) in [5.74, 6) is 0. The van der Waals surface area contributed by atoms with Crippen LogP contribution in [0.15, 0.2) is 94.9 Å². The average molecular weight is 526 g/mol. The van der Waals surface area contributed by atoms with Crippen LogP contribution in [-0.2, 0) is 5.41 Å². The van der Waals surface area contributed by atoms with Gasteiger partial charge in [0.05, 0.1) is 24.8 Å². The van der Waals surface area contributed by atoms with Crippen LogP contribution in [0, 0.1) is 0 Å². The summed E-state index contributed by atoms with van der Waals surface area (Å²) in [5.41, 5.74) is 11.0. The lowest BCUT2D eigenvalue weighted by molar-refractivity contribution is 0.654. The molecule has 3 heteroatoms. The molecule has 0 saturated carbocycles. The van der Waals surface area contributed by atoms with Crippen LogP contribution in [0.3, 0.4) is 0 Å². The Bertz CT molecular complexity index is 2040. The van der Waals surface area contributed by atoms with Gasteiger partial charge in [-0.05, 0) is 65.6 Å². The van der Waals surface area contributed by atoms with Gasteiger partial charge in [0.1, 0.15) is 5.58 Å². The minimum Gasteiger partial charge on any atom is -0.454 e. The number of nitrogens with zero attached hydrogens (tertiary/aromatic N) is 1. The Hall–Kier alpha value is -3.82. The minimum atomic E-state index is -1.59. The number of hydrogen-bond acceptors (Lipinski definition) is 1. The quantitative estimate of drug-likeness (QED) is 0.210. The Morgan fingerprint density at radius 2 is 1.46 bits per heavy atom. The summed E-state index contributed by atoms with van der Waals surface area (Å²) in [5, 5.41) is 6.34. The molecule has 7 rings (SSSR count). The highest BCUT2D eigenvalue weighted by Crippen LogP contribution is 2.49. The van der Waals surface area contributed by atoms with Crippen LogP contribution in [0.25, 0.3) is 55.0 Å². The second-order valence-corrected chi connectivity index (χ2v) is 17.7. The van der Waals surface area contributed by atoms with E-state index in [-0.39, 0.29) is 5.41 Å².